The Bertz CT molecular complexity index is 307. The van der Waals surface area contributed by atoms with Gasteiger partial charge in [-0.05, 0) is 53.0 Å². The maximum absolute atomic E-state index is 3.64. The minimum atomic E-state index is 0.518. The van der Waals surface area contributed by atoms with E-state index in [0.717, 1.165) is 5.25 Å². The average Bonchev–Trinajstić information content (AvgIpc) is 2.68. The van der Waals surface area contributed by atoms with E-state index in [-0.39, 0.29) is 0 Å². The Morgan fingerprint density at radius 3 is 2.93 bits per heavy atom. The molecule has 2 rings (SSSR count). The van der Waals surface area contributed by atoms with Crippen LogP contribution in [0.5, 0.6) is 0 Å². The monoisotopic (exact) mass is 305 g/mol. The molecule has 0 amide bonds. The number of nitrogens with one attached hydrogen (secondary N) is 1. The van der Waals surface area contributed by atoms with Crippen LogP contribution in [0, 0.1) is 0 Å². The van der Waals surface area contributed by atoms with Crippen molar-refractivity contribution in [1.29, 1.82) is 0 Å². The molecule has 0 saturated carbocycles. The van der Waals surface area contributed by atoms with Crippen LogP contribution in [-0.4, -0.2) is 18.1 Å². The molecule has 0 spiro atoms. The van der Waals surface area contributed by atoms with Gasteiger partial charge in [-0.25, -0.2) is 0 Å². The van der Waals surface area contributed by atoms with Gasteiger partial charge in [0.25, 0.3) is 0 Å². The molecule has 1 aliphatic rings. The average molecular weight is 306 g/mol. The zero-order valence-corrected chi connectivity index (χ0v) is 12.1. The Morgan fingerprint density at radius 1 is 1.53 bits per heavy atom. The zero-order valence-electron chi connectivity index (χ0n) is 8.83. The molecule has 1 saturated heterocycles. The topological polar surface area (TPSA) is 12.0 Å². The van der Waals surface area contributed by atoms with E-state index in [9.17, 15) is 0 Å². The zero-order chi connectivity index (χ0) is 10.7. The van der Waals surface area contributed by atoms with Gasteiger partial charge in [-0.2, -0.15) is 11.8 Å². The van der Waals surface area contributed by atoms with E-state index >= 15 is 0 Å². The number of hydrogen-bond donors (Lipinski definition) is 1. The van der Waals surface area contributed by atoms with Crippen LogP contribution >= 0.6 is 39.0 Å². The molecular formula is C11H16BrNS2. The van der Waals surface area contributed by atoms with Crippen LogP contribution in [-0.2, 0) is 0 Å². The van der Waals surface area contributed by atoms with Crippen LogP contribution in [0.1, 0.15) is 30.2 Å². The van der Waals surface area contributed by atoms with E-state index in [2.05, 4.69) is 51.5 Å². The molecule has 1 N–H and O–H groups in total. The maximum Gasteiger partial charge on any atom is 0.0544 e. The summed E-state index contributed by atoms with van der Waals surface area (Å²) in [5, 5.41) is 6.39. The summed E-state index contributed by atoms with van der Waals surface area (Å²) < 4.78 is 1.26. The Hall–Kier alpha value is 0.490. The van der Waals surface area contributed by atoms with Gasteiger partial charge in [0.1, 0.15) is 0 Å². The van der Waals surface area contributed by atoms with E-state index in [1.807, 2.05) is 11.3 Å². The van der Waals surface area contributed by atoms with Gasteiger partial charge < -0.3 is 5.32 Å². The second kappa shape index (κ2) is 5.71. The number of rotatable bonds is 3. The highest BCUT2D eigenvalue weighted by Crippen LogP contribution is 2.39. The highest BCUT2D eigenvalue weighted by atomic mass is 79.9. The SMILES string of the molecule is CNC(c1sccc1Br)C1CCCCS1. The third-order valence-corrected chi connectivity index (χ3v) is 6.24. The van der Waals surface area contributed by atoms with E-state index < -0.39 is 0 Å². The molecular weight excluding hydrogens is 290 g/mol. The van der Waals surface area contributed by atoms with Crippen LogP contribution in [0.25, 0.3) is 0 Å². The number of thioether (sulfide) groups is 1. The van der Waals surface area contributed by atoms with Crippen molar-refractivity contribution in [2.75, 3.05) is 12.8 Å². The lowest BCUT2D eigenvalue weighted by molar-refractivity contribution is 0.521. The Labute approximate surface area is 108 Å². The van der Waals surface area contributed by atoms with E-state index in [0.29, 0.717) is 6.04 Å². The molecule has 4 heteroatoms. The largest absolute Gasteiger partial charge is 0.311 e. The summed E-state index contributed by atoms with van der Waals surface area (Å²) in [6.07, 6.45) is 4.13. The lowest BCUT2D eigenvalue weighted by atomic mass is 10.1. The summed E-state index contributed by atoms with van der Waals surface area (Å²) >= 11 is 7.61. The molecule has 1 aromatic heterocycles. The van der Waals surface area contributed by atoms with Crippen molar-refractivity contribution >= 4 is 39.0 Å². The lowest BCUT2D eigenvalue weighted by Gasteiger charge is -2.29. The van der Waals surface area contributed by atoms with Gasteiger partial charge in [-0.15, -0.1) is 11.3 Å². The minimum absolute atomic E-state index is 0.518. The van der Waals surface area contributed by atoms with Crippen LogP contribution in [0.15, 0.2) is 15.9 Å². The summed E-state index contributed by atoms with van der Waals surface area (Å²) in [6, 6.07) is 2.67. The quantitative estimate of drug-likeness (QED) is 0.904. The van der Waals surface area contributed by atoms with Gasteiger partial charge in [-0.1, -0.05) is 6.42 Å². The first-order valence-electron chi connectivity index (χ1n) is 5.34. The minimum Gasteiger partial charge on any atom is -0.311 e. The maximum atomic E-state index is 3.64. The molecule has 15 heavy (non-hydrogen) atoms. The number of thiophene rings is 1. The molecule has 0 radical (unpaired) electrons. The summed E-state index contributed by atoms with van der Waals surface area (Å²) in [4.78, 5) is 1.46. The van der Waals surface area contributed by atoms with Crippen molar-refractivity contribution in [3.8, 4) is 0 Å². The highest BCUT2D eigenvalue weighted by molar-refractivity contribution is 9.10. The standard InChI is InChI=1S/C11H16BrNS2/c1-13-10(9-4-2-3-6-14-9)11-8(12)5-7-15-11/h5,7,9-10,13H,2-4,6H2,1H3. The summed E-state index contributed by atoms with van der Waals surface area (Å²) in [7, 11) is 2.08. The fourth-order valence-electron chi connectivity index (χ4n) is 2.04. The fraction of sp³-hybridized carbons (Fsp3) is 0.636. The summed E-state index contributed by atoms with van der Waals surface area (Å²) in [6.45, 7) is 0. The van der Waals surface area contributed by atoms with Gasteiger partial charge >= 0.3 is 0 Å². The number of halogens is 1. The second-order valence-corrected chi connectivity index (χ2v) is 6.95. The molecule has 84 valence electrons. The fourth-order valence-corrected chi connectivity index (χ4v) is 5.39. The van der Waals surface area contributed by atoms with Crippen molar-refractivity contribution < 1.29 is 0 Å². The molecule has 1 aromatic rings. The van der Waals surface area contributed by atoms with Crippen molar-refractivity contribution in [2.24, 2.45) is 0 Å². The van der Waals surface area contributed by atoms with Crippen LogP contribution in [0.3, 0.4) is 0 Å². The molecule has 0 aliphatic carbocycles. The molecule has 0 aromatic carbocycles. The van der Waals surface area contributed by atoms with Crippen molar-refractivity contribution in [2.45, 2.75) is 30.6 Å². The first kappa shape index (κ1) is 12.0. The second-order valence-electron chi connectivity index (χ2n) is 3.80. The van der Waals surface area contributed by atoms with E-state index in [4.69, 9.17) is 0 Å². The van der Waals surface area contributed by atoms with Crippen molar-refractivity contribution in [3.63, 3.8) is 0 Å². The number of hydrogen-bond acceptors (Lipinski definition) is 3. The van der Waals surface area contributed by atoms with E-state index in [1.54, 1.807) is 0 Å². The van der Waals surface area contributed by atoms with Gasteiger partial charge in [0.05, 0.1) is 6.04 Å². The van der Waals surface area contributed by atoms with Crippen molar-refractivity contribution in [1.82, 2.24) is 5.32 Å². The molecule has 0 bridgehead atoms. The smallest absolute Gasteiger partial charge is 0.0544 e. The van der Waals surface area contributed by atoms with Gasteiger partial charge in [0, 0.05) is 14.6 Å². The third kappa shape index (κ3) is 2.78. The molecule has 2 unspecified atom stereocenters. The molecule has 1 aliphatic heterocycles. The Morgan fingerprint density at radius 2 is 2.40 bits per heavy atom. The van der Waals surface area contributed by atoms with Gasteiger partial charge in [-0.3, -0.25) is 0 Å². The summed E-state index contributed by atoms with van der Waals surface area (Å²) in [5.41, 5.74) is 0. The predicted octanol–water partition coefficient (Wildman–Crippen LogP) is 4.06. The van der Waals surface area contributed by atoms with Gasteiger partial charge in [0.15, 0.2) is 0 Å². The van der Waals surface area contributed by atoms with Gasteiger partial charge in [0.2, 0.25) is 0 Å². The normalized spacial score (nSPS) is 24.0. The van der Waals surface area contributed by atoms with Crippen LogP contribution in [0.4, 0.5) is 0 Å². The first-order chi connectivity index (χ1) is 7.33. The van der Waals surface area contributed by atoms with E-state index in [1.165, 1.54) is 34.4 Å². The van der Waals surface area contributed by atoms with Crippen LogP contribution in [0.2, 0.25) is 0 Å². The Kier molecular flexibility index (Phi) is 4.55. The third-order valence-electron chi connectivity index (χ3n) is 2.82. The Balaban J connectivity index is 2.12. The molecule has 1 nitrogen and oxygen atoms in total. The molecule has 2 atom stereocenters. The molecule has 2 heterocycles. The highest BCUT2D eigenvalue weighted by Gasteiger charge is 2.26. The van der Waals surface area contributed by atoms with Crippen molar-refractivity contribution in [3.05, 3.63) is 20.8 Å². The first-order valence-corrected chi connectivity index (χ1v) is 8.07. The predicted molar refractivity (Wildman–Crippen MR) is 73.9 cm³/mol. The lowest BCUT2D eigenvalue weighted by Crippen LogP contribution is -2.28. The molecule has 1 fully saturated rings. The summed E-state index contributed by atoms with van der Waals surface area (Å²) in [5.74, 6) is 1.33. The van der Waals surface area contributed by atoms with Crippen LogP contribution < -0.4 is 5.32 Å².